The van der Waals surface area contributed by atoms with Crippen LogP contribution in [-0.2, 0) is 9.53 Å². The summed E-state index contributed by atoms with van der Waals surface area (Å²) in [6.45, 7) is 2.18. The Morgan fingerprint density at radius 1 is 0.719 bits per heavy atom. The first-order valence-electron chi connectivity index (χ1n) is 10.5. The van der Waals surface area contributed by atoms with Crippen molar-refractivity contribution < 1.29 is 26.5 Å². The fraction of sp³-hybridized carbons (Fsp3) is 0.107. The second-order valence-corrected chi connectivity index (χ2v) is 10.5. The Hall–Kier alpha value is -2.74. The number of carbonyl (C=O) groups is 1. The first kappa shape index (κ1) is 25.5. The van der Waals surface area contributed by atoms with Crippen LogP contribution in [-0.4, -0.2) is 18.7 Å². The molecule has 0 bridgehead atoms. The summed E-state index contributed by atoms with van der Waals surface area (Å²) in [7, 11) is -1.85. The fourth-order valence-corrected chi connectivity index (χ4v) is 7.57. The summed E-state index contributed by atoms with van der Waals surface area (Å²) in [6.07, 6.45) is 12.1. The van der Waals surface area contributed by atoms with E-state index < -0.39 is 7.26 Å². The van der Waals surface area contributed by atoms with Gasteiger partial charge in [-0.1, -0.05) is 78.9 Å². The standard InChI is InChI=1S/C28H28O2P.BrH/c1-2-30-28(29)23-15-4-3-5-16-24-31(25-17-9-6-10-18-25,26-19-11-7-12-20-26)27-21-13-8-14-22-27;/h3-23H,2,24H2,1H3;1H/q+1;/p-1. The smallest absolute Gasteiger partial charge is 0.330 e. The normalized spacial score (nSPS) is 11.7. The van der Waals surface area contributed by atoms with Crippen LogP contribution in [0.25, 0.3) is 0 Å². The van der Waals surface area contributed by atoms with E-state index in [0.29, 0.717) is 6.61 Å². The molecule has 0 atom stereocenters. The molecule has 0 amide bonds. The van der Waals surface area contributed by atoms with Crippen LogP contribution in [0.2, 0.25) is 0 Å². The zero-order valence-electron chi connectivity index (χ0n) is 18.2. The van der Waals surface area contributed by atoms with Gasteiger partial charge in [0.05, 0.1) is 12.8 Å². The number of ether oxygens (including phenoxy) is 1. The number of halogens is 1. The number of allylic oxidation sites excluding steroid dienone is 5. The SMILES string of the molecule is CCOC(=O)C=CC=CC=CC[P+](c1ccccc1)(c1ccccc1)c1ccccc1.[Br-]. The van der Waals surface area contributed by atoms with Gasteiger partial charge in [0.25, 0.3) is 0 Å². The molecule has 0 aromatic heterocycles. The van der Waals surface area contributed by atoms with E-state index in [1.165, 1.54) is 22.0 Å². The Morgan fingerprint density at radius 3 is 1.59 bits per heavy atom. The van der Waals surface area contributed by atoms with Crippen molar-refractivity contribution in [3.63, 3.8) is 0 Å². The lowest BCUT2D eigenvalue weighted by molar-refractivity contribution is -0.137. The lowest BCUT2D eigenvalue weighted by atomic mass is 10.3. The summed E-state index contributed by atoms with van der Waals surface area (Å²) < 4.78 is 4.89. The topological polar surface area (TPSA) is 26.3 Å². The van der Waals surface area contributed by atoms with Crippen LogP contribution in [0.15, 0.2) is 127 Å². The van der Waals surface area contributed by atoms with Gasteiger partial charge in [-0.05, 0) is 49.4 Å². The van der Waals surface area contributed by atoms with E-state index in [9.17, 15) is 4.79 Å². The molecular formula is C28H28BrO2P. The third-order valence-electron chi connectivity index (χ3n) is 4.96. The van der Waals surface area contributed by atoms with Gasteiger partial charge < -0.3 is 21.7 Å². The maximum absolute atomic E-state index is 11.4. The molecule has 3 rings (SSSR count). The molecule has 0 unspecified atom stereocenters. The highest BCUT2D eigenvalue weighted by Crippen LogP contribution is 2.55. The molecule has 0 heterocycles. The van der Waals surface area contributed by atoms with E-state index in [1.54, 1.807) is 13.0 Å². The molecule has 164 valence electrons. The number of rotatable bonds is 9. The number of benzene rings is 3. The van der Waals surface area contributed by atoms with E-state index in [0.717, 1.165) is 6.16 Å². The van der Waals surface area contributed by atoms with Gasteiger partial charge >= 0.3 is 5.97 Å². The summed E-state index contributed by atoms with van der Waals surface area (Å²) in [4.78, 5) is 11.4. The van der Waals surface area contributed by atoms with Crippen LogP contribution in [0, 0.1) is 0 Å². The second-order valence-electron chi connectivity index (χ2n) is 6.92. The molecule has 0 N–H and O–H groups in total. The minimum absolute atomic E-state index is 0. The highest BCUT2D eigenvalue weighted by atomic mass is 79.9. The van der Waals surface area contributed by atoms with Crippen molar-refractivity contribution >= 4 is 29.1 Å². The fourth-order valence-electron chi connectivity index (χ4n) is 3.56. The first-order valence-corrected chi connectivity index (χ1v) is 12.5. The van der Waals surface area contributed by atoms with Gasteiger partial charge in [-0.2, -0.15) is 0 Å². The van der Waals surface area contributed by atoms with Gasteiger partial charge in [0.1, 0.15) is 23.2 Å². The molecule has 0 radical (unpaired) electrons. The van der Waals surface area contributed by atoms with Crippen LogP contribution >= 0.6 is 7.26 Å². The molecule has 3 aromatic rings. The molecule has 4 heteroatoms. The third kappa shape index (κ3) is 6.63. The van der Waals surface area contributed by atoms with Crippen molar-refractivity contribution in [3.8, 4) is 0 Å². The van der Waals surface area contributed by atoms with Crippen molar-refractivity contribution in [1.82, 2.24) is 0 Å². The average Bonchev–Trinajstić information content (AvgIpc) is 2.83. The molecule has 0 saturated carbocycles. The summed E-state index contributed by atoms with van der Waals surface area (Å²) >= 11 is 0. The molecule has 0 spiro atoms. The monoisotopic (exact) mass is 506 g/mol. The van der Waals surface area contributed by atoms with E-state index in [-0.39, 0.29) is 23.0 Å². The molecule has 0 aliphatic carbocycles. The number of esters is 1. The number of hydrogen-bond acceptors (Lipinski definition) is 2. The van der Waals surface area contributed by atoms with E-state index in [1.807, 2.05) is 12.2 Å². The maximum atomic E-state index is 11.4. The quantitative estimate of drug-likeness (QED) is 0.192. The van der Waals surface area contributed by atoms with Gasteiger partial charge in [-0.25, -0.2) is 4.79 Å². The van der Waals surface area contributed by atoms with Gasteiger partial charge in [0.15, 0.2) is 0 Å². The van der Waals surface area contributed by atoms with Crippen molar-refractivity contribution in [3.05, 3.63) is 127 Å². The summed E-state index contributed by atoms with van der Waals surface area (Å²) in [5, 5.41) is 4.09. The van der Waals surface area contributed by atoms with Crippen LogP contribution in [0.3, 0.4) is 0 Å². The Kier molecular flexibility index (Phi) is 10.9. The first-order chi connectivity index (χ1) is 15.3. The highest BCUT2D eigenvalue weighted by molar-refractivity contribution is 7.95. The average molecular weight is 507 g/mol. The molecular weight excluding hydrogens is 479 g/mol. The molecule has 0 fully saturated rings. The molecule has 3 aromatic carbocycles. The lowest BCUT2D eigenvalue weighted by Gasteiger charge is -2.26. The minimum atomic E-state index is -1.85. The maximum Gasteiger partial charge on any atom is 0.330 e. The summed E-state index contributed by atoms with van der Waals surface area (Å²) in [5.41, 5.74) is 0. The van der Waals surface area contributed by atoms with Gasteiger partial charge in [-0.15, -0.1) is 0 Å². The molecule has 0 aliphatic heterocycles. The summed E-state index contributed by atoms with van der Waals surface area (Å²) in [5.74, 6) is -0.321. The highest BCUT2D eigenvalue weighted by Gasteiger charge is 2.43. The van der Waals surface area contributed by atoms with Crippen molar-refractivity contribution in [2.45, 2.75) is 6.92 Å². The minimum Gasteiger partial charge on any atom is -1.00 e. The molecule has 0 aliphatic rings. The predicted octanol–water partition coefficient (Wildman–Crippen LogP) is 2.22. The summed E-state index contributed by atoms with van der Waals surface area (Å²) in [6, 6.07) is 32.5. The Morgan fingerprint density at radius 2 is 1.16 bits per heavy atom. The second kappa shape index (κ2) is 13.6. The Labute approximate surface area is 202 Å². The van der Waals surface area contributed by atoms with Gasteiger partial charge in [0.2, 0.25) is 0 Å². The van der Waals surface area contributed by atoms with Crippen molar-refractivity contribution in [2.24, 2.45) is 0 Å². The van der Waals surface area contributed by atoms with Crippen LogP contribution < -0.4 is 32.9 Å². The molecule has 32 heavy (non-hydrogen) atoms. The zero-order chi connectivity index (χ0) is 21.8. The zero-order valence-corrected chi connectivity index (χ0v) is 20.7. The Bertz CT molecular complexity index is 932. The number of carbonyl (C=O) groups excluding carboxylic acids is 1. The molecule has 2 nitrogen and oxygen atoms in total. The van der Waals surface area contributed by atoms with Crippen molar-refractivity contribution in [1.29, 1.82) is 0 Å². The van der Waals surface area contributed by atoms with E-state index in [2.05, 4.69) is 103 Å². The Balaban J connectivity index is 0.00000363. The number of hydrogen-bond donors (Lipinski definition) is 0. The molecule has 0 saturated heterocycles. The van der Waals surface area contributed by atoms with Crippen molar-refractivity contribution in [2.75, 3.05) is 12.8 Å². The van der Waals surface area contributed by atoms with Crippen LogP contribution in [0.1, 0.15) is 6.92 Å². The van der Waals surface area contributed by atoms with E-state index in [4.69, 9.17) is 4.74 Å². The van der Waals surface area contributed by atoms with Gasteiger partial charge in [-0.3, -0.25) is 0 Å². The third-order valence-corrected chi connectivity index (χ3v) is 9.26. The van der Waals surface area contributed by atoms with Crippen LogP contribution in [0.5, 0.6) is 0 Å². The predicted molar refractivity (Wildman–Crippen MR) is 134 cm³/mol. The van der Waals surface area contributed by atoms with Crippen LogP contribution in [0.4, 0.5) is 0 Å². The lowest BCUT2D eigenvalue weighted by Crippen LogP contribution is -3.00. The largest absolute Gasteiger partial charge is 1.00 e. The van der Waals surface area contributed by atoms with Gasteiger partial charge in [0, 0.05) is 6.08 Å². The van der Waals surface area contributed by atoms with E-state index >= 15 is 0 Å².